The van der Waals surface area contributed by atoms with Gasteiger partial charge in [-0.3, -0.25) is 0 Å². The van der Waals surface area contributed by atoms with Crippen LogP contribution in [0.15, 0.2) is 46.9 Å². The molecule has 0 fully saturated rings. The van der Waals surface area contributed by atoms with Crippen molar-refractivity contribution in [2.75, 3.05) is 11.1 Å². The number of rotatable bonds is 2. The van der Waals surface area contributed by atoms with Gasteiger partial charge in [0, 0.05) is 10.2 Å². The van der Waals surface area contributed by atoms with Crippen molar-refractivity contribution in [2.24, 2.45) is 0 Å². The van der Waals surface area contributed by atoms with E-state index < -0.39 is 0 Å². The molecule has 0 radical (unpaired) electrons. The number of nitrogens with two attached hydrogens (primary N) is 1. The maximum absolute atomic E-state index is 13.0. The van der Waals surface area contributed by atoms with Crippen molar-refractivity contribution in [2.45, 2.75) is 0 Å². The van der Waals surface area contributed by atoms with Gasteiger partial charge >= 0.3 is 0 Å². The summed E-state index contributed by atoms with van der Waals surface area (Å²) in [6.45, 7) is 0. The van der Waals surface area contributed by atoms with Crippen molar-refractivity contribution in [3.63, 3.8) is 0 Å². The van der Waals surface area contributed by atoms with E-state index in [1.807, 2.05) is 12.1 Å². The molecule has 0 aromatic heterocycles. The predicted molar refractivity (Wildman–Crippen MR) is 68.2 cm³/mol. The first kappa shape index (κ1) is 11.0. The van der Waals surface area contributed by atoms with E-state index in [2.05, 4.69) is 21.2 Å². The summed E-state index contributed by atoms with van der Waals surface area (Å²) in [6.07, 6.45) is 0. The van der Waals surface area contributed by atoms with E-state index in [-0.39, 0.29) is 5.82 Å². The molecule has 2 rings (SSSR count). The minimum atomic E-state index is -0.279. The fraction of sp³-hybridized carbons (Fsp3) is 0. The Bertz CT molecular complexity index is 514. The maximum atomic E-state index is 13.0. The molecule has 0 atom stereocenters. The second kappa shape index (κ2) is 4.53. The molecule has 0 aliphatic rings. The van der Waals surface area contributed by atoms with Gasteiger partial charge in [-0.2, -0.15) is 0 Å². The summed E-state index contributed by atoms with van der Waals surface area (Å²) >= 11 is 3.35. The summed E-state index contributed by atoms with van der Waals surface area (Å²) in [5.74, 6) is -0.279. The molecule has 0 amide bonds. The first-order valence-corrected chi connectivity index (χ1v) is 5.52. The molecule has 0 aliphatic carbocycles. The van der Waals surface area contributed by atoms with E-state index in [1.54, 1.807) is 18.2 Å². The third kappa shape index (κ3) is 2.52. The quantitative estimate of drug-likeness (QED) is 0.819. The molecule has 0 saturated carbocycles. The van der Waals surface area contributed by atoms with Crippen LogP contribution in [0.4, 0.5) is 21.5 Å². The summed E-state index contributed by atoms with van der Waals surface area (Å²) in [4.78, 5) is 0. The number of hydrogen-bond acceptors (Lipinski definition) is 2. The van der Waals surface area contributed by atoms with E-state index in [4.69, 9.17) is 5.73 Å². The van der Waals surface area contributed by atoms with Crippen LogP contribution in [0.1, 0.15) is 0 Å². The van der Waals surface area contributed by atoms with Crippen LogP contribution < -0.4 is 11.1 Å². The van der Waals surface area contributed by atoms with Gasteiger partial charge in [0.15, 0.2) is 0 Å². The smallest absolute Gasteiger partial charge is 0.125 e. The molecule has 3 N–H and O–H groups in total. The normalized spacial score (nSPS) is 10.1. The van der Waals surface area contributed by atoms with E-state index in [1.165, 1.54) is 12.1 Å². The lowest BCUT2D eigenvalue weighted by Gasteiger charge is -2.09. The number of nitrogens with one attached hydrogen (secondary N) is 1. The molecular formula is C12H10BrFN2. The Hall–Kier alpha value is -1.55. The summed E-state index contributed by atoms with van der Waals surface area (Å²) in [5, 5.41) is 3.06. The van der Waals surface area contributed by atoms with Gasteiger partial charge in [0.2, 0.25) is 0 Å². The molecule has 0 spiro atoms. The van der Waals surface area contributed by atoms with E-state index in [0.29, 0.717) is 11.4 Å². The summed E-state index contributed by atoms with van der Waals surface area (Å²) in [6, 6.07) is 11.7. The van der Waals surface area contributed by atoms with Gasteiger partial charge in [-0.05, 0) is 36.4 Å². The topological polar surface area (TPSA) is 38.0 Å². The lowest BCUT2D eigenvalue weighted by Crippen LogP contribution is -1.96. The largest absolute Gasteiger partial charge is 0.397 e. The van der Waals surface area contributed by atoms with Crippen LogP contribution >= 0.6 is 15.9 Å². The highest BCUT2D eigenvalue weighted by molar-refractivity contribution is 9.10. The van der Waals surface area contributed by atoms with Crippen molar-refractivity contribution in [3.05, 3.63) is 52.8 Å². The van der Waals surface area contributed by atoms with E-state index in [9.17, 15) is 4.39 Å². The molecule has 4 heteroatoms. The van der Waals surface area contributed by atoms with Crippen LogP contribution in [0.3, 0.4) is 0 Å². The Morgan fingerprint density at radius 1 is 1.12 bits per heavy atom. The van der Waals surface area contributed by atoms with Gasteiger partial charge in [-0.15, -0.1) is 0 Å². The Balaban J connectivity index is 2.30. The molecule has 2 nitrogen and oxygen atoms in total. The molecule has 2 aromatic rings. The molecule has 82 valence electrons. The lowest BCUT2D eigenvalue weighted by molar-refractivity contribution is 0.628. The highest BCUT2D eigenvalue weighted by Gasteiger charge is 2.01. The monoisotopic (exact) mass is 280 g/mol. The first-order chi connectivity index (χ1) is 7.65. The molecule has 2 aromatic carbocycles. The van der Waals surface area contributed by atoms with Gasteiger partial charge in [0.1, 0.15) is 5.82 Å². The molecule has 0 aliphatic heterocycles. The number of halogens is 2. The van der Waals surface area contributed by atoms with E-state index in [0.717, 1.165) is 10.2 Å². The SMILES string of the molecule is Nc1ccc(Br)cc1Nc1cccc(F)c1. The van der Waals surface area contributed by atoms with Crippen molar-refractivity contribution >= 4 is 33.0 Å². The Morgan fingerprint density at radius 2 is 1.94 bits per heavy atom. The lowest BCUT2D eigenvalue weighted by atomic mass is 10.2. The Morgan fingerprint density at radius 3 is 2.69 bits per heavy atom. The number of benzene rings is 2. The van der Waals surface area contributed by atoms with Gasteiger partial charge in [0.05, 0.1) is 11.4 Å². The Labute approximate surface area is 101 Å². The molecule has 0 bridgehead atoms. The van der Waals surface area contributed by atoms with Crippen LogP contribution in [0.5, 0.6) is 0 Å². The maximum Gasteiger partial charge on any atom is 0.125 e. The fourth-order valence-electron chi connectivity index (χ4n) is 1.36. The number of hydrogen-bond donors (Lipinski definition) is 2. The summed E-state index contributed by atoms with van der Waals surface area (Å²) in [5.41, 5.74) is 7.84. The van der Waals surface area contributed by atoms with Crippen molar-refractivity contribution in [1.82, 2.24) is 0 Å². The minimum absolute atomic E-state index is 0.279. The number of nitrogen functional groups attached to an aromatic ring is 1. The molecule has 16 heavy (non-hydrogen) atoms. The molecule has 0 heterocycles. The summed E-state index contributed by atoms with van der Waals surface area (Å²) < 4.78 is 13.9. The zero-order valence-corrected chi connectivity index (χ0v) is 9.96. The van der Waals surface area contributed by atoms with Crippen LogP contribution in [0.2, 0.25) is 0 Å². The van der Waals surface area contributed by atoms with Crippen LogP contribution in [-0.2, 0) is 0 Å². The average molecular weight is 281 g/mol. The zero-order valence-electron chi connectivity index (χ0n) is 8.37. The van der Waals surface area contributed by atoms with Gasteiger partial charge in [-0.25, -0.2) is 4.39 Å². The third-order valence-electron chi connectivity index (χ3n) is 2.12. The highest BCUT2D eigenvalue weighted by atomic mass is 79.9. The molecule has 0 saturated heterocycles. The highest BCUT2D eigenvalue weighted by Crippen LogP contribution is 2.26. The second-order valence-corrected chi connectivity index (χ2v) is 4.28. The van der Waals surface area contributed by atoms with Crippen LogP contribution in [-0.4, -0.2) is 0 Å². The van der Waals surface area contributed by atoms with E-state index >= 15 is 0 Å². The van der Waals surface area contributed by atoms with Gasteiger partial charge < -0.3 is 11.1 Å². The van der Waals surface area contributed by atoms with Gasteiger partial charge in [-0.1, -0.05) is 22.0 Å². The minimum Gasteiger partial charge on any atom is -0.397 e. The average Bonchev–Trinajstić information content (AvgIpc) is 2.24. The standard InChI is InChI=1S/C12H10BrFN2/c13-8-4-5-11(15)12(6-8)16-10-3-1-2-9(14)7-10/h1-7,16H,15H2. The van der Waals surface area contributed by atoms with Crippen molar-refractivity contribution < 1.29 is 4.39 Å². The van der Waals surface area contributed by atoms with Crippen molar-refractivity contribution in [3.8, 4) is 0 Å². The fourth-order valence-corrected chi connectivity index (χ4v) is 1.72. The van der Waals surface area contributed by atoms with Crippen LogP contribution in [0, 0.1) is 5.82 Å². The summed E-state index contributed by atoms with van der Waals surface area (Å²) in [7, 11) is 0. The second-order valence-electron chi connectivity index (χ2n) is 3.37. The van der Waals surface area contributed by atoms with Gasteiger partial charge in [0.25, 0.3) is 0 Å². The molecular weight excluding hydrogens is 271 g/mol. The molecule has 0 unspecified atom stereocenters. The zero-order chi connectivity index (χ0) is 11.5. The number of anilines is 3. The van der Waals surface area contributed by atoms with Crippen molar-refractivity contribution in [1.29, 1.82) is 0 Å². The van der Waals surface area contributed by atoms with Crippen LogP contribution in [0.25, 0.3) is 0 Å². The predicted octanol–water partition coefficient (Wildman–Crippen LogP) is 3.91. The first-order valence-electron chi connectivity index (χ1n) is 4.73. The Kier molecular flexibility index (Phi) is 3.10. The third-order valence-corrected chi connectivity index (χ3v) is 2.61.